The Morgan fingerprint density at radius 2 is 1.83 bits per heavy atom. The molecular weight excluding hydrogens is 228 g/mol. The van der Waals surface area contributed by atoms with Crippen LogP contribution in [0.5, 0.6) is 0 Å². The third-order valence-electron chi connectivity index (χ3n) is 3.97. The fourth-order valence-electron chi connectivity index (χ4n) is 2.59. The molecule has 2 amide bonds. The molecule has 0 aromatic heterocycles. The summed E-state index contributed by atoms with van der Waals surface area (Å²) in [6, 6.07) is 0.274. The van der Waals surface area contributed by atoms with E-state index in [4.69, 9.17) is 0 Å². The Bertz CT molecular complexity index is 342. The molecule has 0 radical (unpaired) electrons. The minimum absolute atomic E-state index is 0.0732. The molecule has 18 heavy (non-hydrogen) atoms. The monoisotopic (exact) mass is 250 g/mol. The van der Waals surface area contributed by atoms with E-state index in [2.05, 4.69) is 17.2 Å². The van der Waals surface area contributed by atoms with Gasteiger partial charge in [0, 0.05) is 12.6 Å². The Morgan fingerprint density at radius 3 is 2.39 bits per heavy atom. The Labute approximate surface area is 108 Å². The topological polar surface area (TPSA) is 58.2 Å². The normalized spacial score (nSPS) is 22.0. The van der Waals surface area contributed by atoms with Crippen molar-refractivity contribution < 1.29 is 9.59 Å². The second-order valence-corrected chi connectivity index (χ2v) is 5.39. The van der Waals surface area contributed by atoms with Crippen LogP contribution in [-0.2, 0) is 9.59 Å². The maximum atomic E-state index is 12.2. The van der Waals surface area contributed by atoms with Crippen molar-refractivity contribution in [1.29, 1.82) is 0 Å². The van der Waals surface area contributed by atoms with Crippen molar-refractivity contribution in [2.75, 3.05) is 6.54 Å². The highest BCUT2D eigenvalue weighted by Crippen LogP contribution is 2.46. The van der Waals surface area contributed by atoms with Gasteiger partial charge < -0.3 is 10.6 Å². The van der Waals surface area contributed by atoms with Crippen LogP contribution in [0.2, 0.25) is 0 Å². The second kappa shape index (κ2) is 5.55. The Kier molecular flexibility index (Phi) is 4.04. The quantitative estimate of drug-likeness (QED) is 0.574. The smallest absolute Gasteiger partial charge is 0.235 e. The summed E-state index contributed by atoms with van der Waals surface area (Å²) in [6.07, 6.45) is 8.71. The summed E-state index contributed by atoms with van der Waals surface area (Å²) in [6.45, 7) is 3.99. The molecule has 0 aliphatic heterocycles. The minimum Gasteiger partial charge on any atom is -0.352 e. The van der Waals surface area contributed by atoms with Crippen molar-refractivity contribution in [3.05, 3.63) is 12.7 Å². The van der Waals surface area contributed by atoms with Crippen LogP contribution < -0.4 is 10.6 Å². The van der Waals surface area contributed by atoms with Gasteiger partial charge in [-0.3, -0.25) is 9.59 Å². The van der Waals surface area contributed by atoms with Gasteiger partial charge in [-0.2, -0.15) is 0 Å². The summed E-state index contributed by atoms with van der Waals surface area (Å²) in [7, 11) is 0. The molecule has 2 fully saturated rings. The third-order valence-corrected chi connectivity index (χ3v) is 3.97. The van der Waals surface area contributed by atoms with Crippen LogP contribution in [-0.4, -0.2) is 24.4 Å². The fourth-order valence-corrected chi connectivity index (χ4v) is 2.59. The van der Waals surface area contributed by atoms with Gasteiger partial charge in [0.15, 0.2) is 0 Å². The molecule has 0 heterocycles. The number of amides is 2. The summed E-state index contributed by atoms with van der Waals surface area (Å²) in [4.78, 5) is 24.2. The first-order valence-corrected chi connectivity index (χ1v) is 6.89. The molecule has 0 saturated heterocycles. The van der Waals surface area contributed by atoms with Gasteiger partial charge in [-0.1, -0.05) is 25.3 Å². The molecule has 2 aliphatic rings. The maximum Gasteiger partial charge on any atom is 0.235 e. The maximum absolute atomic E-state index is 12.2. The fraction of sp³-hybridized carbons (Fsp3) is 0.714. The zero-order valence-electron chi connectivity index (χ0n) is 10.8. The molecule has 2 rings (SSSR count). The first-order chi connectivity index (χ1) is 8.69. The first kappa shape index (κ1) is 13.1. The van der Waals surface area contributed by atoms with Gasteiger partial charge in [-0.05, 0) is 25.7 Å². The lowest BCUT2D eigenvalue weighted by atomic mass is 9.94. The summed E-state index contributed by atoms with van der Waals surface area (Å²) in [5, 5.41) is 5.79. The van der Waals surface area contributed by atoms with E-state index in [0.29, 0.717) is 19.4 Å². The van der Waals surface area contributed by atoms with Gasteiger partial charge in [0.1, 0.15) is 5.41 Å². The number of hydrogen-bond donors (Lipinski definition) is 2. The molecule has 2 N–H and O–H groups in total. The van der Waals surface area contributed by atoms with E-state index in [0.717, 1.165) is 12.8 Å². The van der Waals surface area contributed by atoms with Crippen LogP contribution in [0.1, 0.15) is 44.9 Å². The highest BCUT2D eigenvalue weighted by Gasteiger charge is 2.56. The van der Waals surface area contributed by atoms with Gasteiger partial charge in [0.05, 0.1) is 0 Å². The van der Waals surface area contributed by atoms with E-state index in [-0.39, 0.29) is 17.9 Å². The largest absolute Gasteiger partial charge is 0.352 e. The van der Waals surface area contributed by atoms with Crippen LogP contribution in [0.3, 0.4) is 0 Å². The van der Waals surface area contributed by atoms with E-state index in [1.165, 1.54) is 19.3 Å². The molecule has 0 atom stereocenters. The summed E-state index contributed by atoms with van der Waals surface area (Å²) >= 11 is 0. The lowest BCUT2D eigenvalue weighted by Gasteiger charge is -2.25. The van der Waals surface area contributed by atoms with Gasteiger partial charge in [-0.25, -0.2) is 0 Å². The standard InChI is InChI=1S/C14H22N2O2/c1-2-10-15-12(17)14(8-9-14)13(18)16-11-6-4-3-5-7-11/h2,11H,1,3-10H2,(H,15,17)(H,16,18). The van der Waals surface area contributed by atoms with Crippen LogP contribution in [0.15, 0.2) is 12.7 Å². The average Bonchev–Trinajstić information content (AvgIpc) is 3.18. The van der Waals surface area contributed by atoms with E-state index in [1.54, 1.807) is 6.08 Å². The van der Waals surface area contributed by atoms with Crippen molar-refractivity contribution >= 4 is 11.8 Å². The van der Waals surface area contributed by atoms with Crippen molar-refractivity contribution in [3.8, 4) is 0 Å². The molecule has 0 aromatic rings. The predicted molar refractivity (Wildman–Crippen MR) is 69.9 cm³/mol. The minimum atomic E-state index is -0.777. The van der Waals surface area contributed by atoms with E-state index in [1.807, 2.05) is 0 Å². The number of carbonyl (C=O) groups is 2. The van der Waals surface area contributed by atoms with Gasteiger partial charge in [-0.15, -0.1) is 6.58 Å². The lowest BCUT2D eigenvalue weighted by molar-refractivity contribution is -0.137. The summed E-state index contributed by atoms with van der Waals surface area (Å²) in [5.41, 5.74) is -0.777. The van der Waals surface area contributed by atoms with Crippen LogP contribution in [0, 0.1) is 5.41 Å². The van der Waals surface area contributed by atoms with Gasteiger partial charge in [0.2, 0.25) is 11.8 Å². The Morgan fingerprint density at radius 1 is 1.17 bits per heavy atom. The van der Waals surface area contributed by atoms with Crippen molar-refractivity contribution in [2.24, 2.45) is 5.41 Å². The molecule has 4 nitrogen and oxygen atoms in total. The van der Waals surface area contributed by atoms with Gasteiger partial charge in [0.25, 0.3) is 0 Å². The SMILES string of the molecule is C=CCNC(=O)C1(C(=O)NC2CCCCC2)CC1. The van der Waals surface area contributed by atoms with Gasteiger partial charge >= 0.3 is 0 Å². The Balaban J connectivity index is 1.87. The molecule has 0 unspecified atom stereocenters. The molecule has 2 saturated carbocycles. The van der Waals surface area contributed by atoms with Crippen LogP contribution >= 0.6 is 0 Å². The van der Waals surface area contributed by atoms with E-state index < -0.39 is 5.41 Å². The van der Waals surface area contributed by atoms with Crippen molar-refractivity contribution in [1.82, 2.24) is 10.6 Å². The zero-order valence-corrected chi connectivity index (χ0v) is 10.8. The van der Waals surface area contributed by atoms with E-state index >= 15 is 0 Å². The van der Waals surface area contributed by atoms with Crippen LogP contribution in [0.25, 0.3) is 0 Å². The highest BCUT2D eigenvalue weighted by atomic mass is 16.2. The summed E-state index contributed by atoms with van der Waals surface area (Å²) < 4.78 is 0. The molecule has 0 spiro atoms. The number of carbonyl (C=O) groups excluding carboxylic acids is 2. The molecule has 4 heteroatoms. The molecule has 0 bridgehead atoms. The highest BCUT2D eigenvalue weighted by molar-refractivity contribution is 6.08. The number of rotatable bonds is 5. The third kappa shape index (κ3) is 2.74. The Hall–Kier alpha value is -1.32. The van der Waals surface area contributed by atoms with E-state index in [9.17, 15) is 9.59 Å². The lowest BCUT2D eigenvalue weighted by Crippen LogP contribution is -2.47. The number of hydrogen-bond acceptors (Lipinski definition) is 2. The number of nitrogens with one attached hydrogen (secondary N) is 2. The molecular formula is C14H22N2O2. The second-order valence-electron chi connectivity index (χ2n) is 5.39. The molecule has 0 aromatic carbocycles. The van der Waals surface area contributed by atoms with Crippen LogP contribution in [0.4, 0.5) is 0 Å². The molecule has 100 valence electrons. The first-order valence-electron chi connectivity index (χ1n) is 6.89. The van der Waals surface area contributed by atoms with Crippen molar-refractivity contribution in [3.63, 3.8) is 0 Å². The zero-order chi connectivity index (χ0) is 13.0. The summed E-state index contributed by atoms with van der Waals surface area (Å²) in [5.74, 6) is -0.216. The predicted octanol–water partition coefficient (Wildman–Crippen LogP) is 1.52. The average molecular weight is 250 g/mol. The van der Waals surface area contributed by atoms with Crippen molar-refractivity contribution in [2.45, 2.75) is 51.0 Å². The molecule has 2 aliphatic carbocycles.